The molecule has 0 bridgehead atoms. The van der Waals surface area contributed by atoms with Crippen LogP contribution in [0.25, 0.3) is 17.3 Å². The van der Waals surface area contributed by atoms with Crippen molar-refractivity contribution in [2.75, 3.05) is 54.1 Å². The van der Waals surface area contributed by atoms with Gasteiger partial charge in [-0.25, -0.2) is 0 Å². The fourth-order valence-corrected chi connectivity index (χ4v) is 4.61. The van der Waals surface area contributed by atoms with Crippen molar-refractivity contribution in [2.24, 2.45) is 0 Å². The number of nitrogens with zero attached hydrogens (tertiary/aromatic N) is 3. The number of allylic oxidation sites excluding steroid dienone is 1. The lowest BCUT2D eigenvalue weighted by atomic mass is 10.1. The van der Waals surface area contributed by atoms with E-state index in [1.165, 1.54) is 17.5 Å². The van der Waals surface area contributed by atoms with Crippen LogP contribution < -0.4 is 14.2 Å². The first-order valence-corrected chi connectivity index (χ1v) is 12.6. The Bertz CT molecular complexity index is 1100. The monoisotopic (exact) mass is 487 g/mol. The van der Waals surface area contributed by atoms with Crippen LogP contribution in [0.1, 0.15) is 24.0 Å². The van der Waals surface area contributed by atoms with Crippen LogP contribution in [-0.2, 0) is 6.54 Å². The number of rotatable bonds is 11. The molecule has 0 unspecified atom stereocenters. The largest absolute Gasteiger partial charge is 0.493 e. The molecule has 0 amide bonds. The van der Waals surface area contributed by atoms with Gasteiger partial charge in [-0.15, -0.1) is 0 Å². The Morgan fingerprint density at radius 1 is 0.833 bits per heavy atom. The van der Waals surface area contributed by atoms with Gasteiger partial charge in [-0.1, -0.05) is 42.5 Å². The summed E-state index contributed by atoms with van der Waals surface area (Å²) in [5.74, 6) is 1.85. The van der Waals surface area contributed by atoms with Crippen LogP contribution in [0.15, 0.2) is 66.9 Å². The predicted octanol–water partition coefficient (Wildman–Crippen LogP) is 5.39. The number of aromatic nitrogens is 1. The van der Waals surface area contributed by atoms with E-state index in [0.717, 1.165) is 56.9 Å². The Labute approximate surface area is 215 Å². The van der Waals surface area contributed by atoms with Gasteiger partial charge in [0, 0.05) is 44.5 Å². The third-order valence-electron chi connectivity index (χ3n) is 6.61. The van der Waals surface area contributed by atoms with Crippen molar-refractivity contribution in [1.82, 2.24) is 14.8 Å². The van der Waals surface area contributed by atoms with Gasteiger partial charge in [0.15, 0.2) is 11.5 Å². The molecule has 6 nitrogen and oxygen atoms in total. The second kappa shape index (κ2) is 13.1. The molecule has 0 N–H and O–H groups in total. The number of pyridine rings is 1. The number of hydrogen-bond acceptors (Lipinski definition) is 6. The molecule has 1 aliphatic heterocycles. The summed E-state index contributed by atoms with van der Waals surface area (Å²) in [6, 6.07) is 18.7. The van der Waals surface area contributed by atoms with Gasteiger partial charge in [0.25, 0.3) is 0 Å². The molecule has 0 aliphatic carbocycles. The Morgan fingerprint density at radius 3 is 2.19 bits per heavy atom. The summed E-state index contributed by atoms with van der Waals surface area (Å²) in [6.45, 7) is 6.49. The molecule has 0 spiro atoms. The number of unbranched alkanes of at least 4 members (excludes halogenated alkanes) is 1. The van der Waals surface area contributed by atoms with Crippen molar-refractivity contribution >= 4 is 6.08 Å². The molecule has 6 heteroatoms. The lowest BCUT2D eigenvalue weighted by molar-refractivity contribution is 0.126. The summed E-state index contributed by atoms with van der Waals surface area (Å²) >= 11 is 0. The van der Waals surface area contributed by atoms with E-state index in [4.69, 9.17) is 14.2 Å². The van der Waals surface area contributed by atoms with Gasteiger partial charge in [-0.3, -0.25) is 9.88 Å². The number of piperazine rings is 1. The lowest BCUT2D eigenvalue weighted by Gasteiger charge is -2.34. The average molecular weight is 488 g/mol. The fourth-order valence-electron chi connectivity index (χ4n) is 4.61. The van der Waals surface area contributed by atoms with E-state index in [-0.39, 0.29) is 0 Å². The number of hydrogen-bond donors (Lipinski definition) is 0. The third-order valence-corrected chi connectivity index (χ3v) is 6.61. The summed E-state index contributed by atoms with van der Waals surface area (Å²) in [6.07, 6.45) is 8.72. The highest BCUT2D eigenvalue weighted by atomic mass is 16.5. The van der Waals surface area contributed by atoms with Crippen LogP contribution in [0.5, 0.6) is 17.2 Å². The SMILES string of the molecule is COc1cc(-c2cc(CN3CCN(CCC/C=C/c4ccccc4)CC3)ccn2)cc(OC)c1OC. The van der Waals surface area contributed by atoms with Crippen molar-refractivity contribution < 1.29 is 14.2 Å². The van der Waals surface area contributed by atoms with Crippen LogP contribution in [0, 0.1) is 0 Å². The molecule has 3 aromatic rings. The summed E-state index contributed by atoms with van der Waals surface area (Å²) < 4.78 is 16.5. The van der Waals surface area contributed by atoms with Crippen LogP contribution in [0.2, 0.25) is 0 Å². The van der Waals surface area contributed by atoms with Crippen LogP contribution in [-0.4, -0.2) is 68.8 Å². The summed E-state index contributed by atoms with van der Waals surface area (Å²) in [5, 5.41) is 0. The number of ether oxygens (including phenoxy) is 3. The van der Waals surface area contributed by atoms with Crippen molar-refractivity contribution in [3.05, 3.63) is 78.0 Å². The summed E-state index contributed by atoms with van der Waals surface area (Å²) in [4.78, 5) is 9.72. The van der Waals surface area contributed by atoms with E-state index in [1.807, 2.05) is 18.3 Å². The van der Waals surface area contributed by atoms with Gasteiger partial charge in [-0.2, -0.15) is 0 Å². The smallest absolute Gasteiger partial charge is 0.203 e. The highest BCUT2D eigenvalue weighted by Gasteiger charge is 2.18. The predicted molar refractivity (Wildman–Crippen MR) is 146 cm³/mol. The van der Waals surface area contributed by atoms with Gasteiger partial charge in [-0.05, 0) is 54.8 Å². The molecule has 0 saturated carbocycles. The normalized spacial score (nSPS) is 14.8. The van der Waals surface area contributed by atoms with Gasteiger partial charge in [0.2, 0.25) is 5.75 Å². The molecular formula is C30H37N3O3. The maximum Gasteiger partial charge on any atom is 0.203 e. The highest BCUT2D eigenvalue weighted by molar-refractivity contribution is 5.69. The first-order valence-electron chi connectivity index (χ1n) is 12.6. The molecule has 1 aliphatic rings. The van der Waals surface area contributed by atoms with E-state index in [2.05, 4.69) is 69.4 Å². The average Bonchev–Trinajstić information content (AvgIpc) is 2.93. The third kappa shape index (κ3) is 6.86. The molecule has 1 aromatic heterocycles. The van der Waals surface area contributed by atoms with Gasteiger partial charge in [0.1, 0.15) is 0 Å². The molecule has 1 saturated heterocycles. The minimum atomic E-state index is 0.588. The summed E-state index contributed by atoms with van der Waals surface area (Å²) in [7, 11) is 4.87. The first-order chi connectivity index (χ1) is 17.7. The van der Waals surface area contributed by atoms with Crippen molar-refractivity contribution in [1.29, 1.82) is 0 Å². The molecule has 2 heterocycles. The first kappa shape index (κ1) is 25.7. The van der Waals surface area contributed by atoms with Gasteiger partial charge in [0.05, 0.1) is 27.0 Å². The Morgan fingerprint density at radius 2 is 1.53 bits per heavy atom. The molecular weight excluding hydrogens is 450 g/mol. The second-order valence-electron chi connectivity index (χ2n) is 9.04. The second-order valence-corrected chi connectivity index (χ2v) is 9.04. The zero-order valence-electron chi connectivity index (χ0n) is 21.7. The van der Waals surface area contributed by atoms with Crippen LogP contribution >= 0.6 is 0 Å². The minimum absolute atomic E-state index is 0.588. The molecule has 0 radical (unpaired) electrons. The van der Waals surface area contributed by atoms with Crippen molar-refractivity contribution in [2.45, 2.75) is 19.4 Å². The maximum absolute atomic E-state index is 5.51. The maximum atomic E-state index is 5.51. The quantitative estimate of drug-likeness (QED) is 0.338. The van der Waals surface area contributed by atoms with E-state index in [1.54, 1.807) is 21.3 Å². The Hall–Kier alpha value is -3.35. The van der Waals surface area contributed by atoms with Crippen molar-refractivity contribution in [3.63, 3.8) is 0 Å². The zero-order valence-corrected chi connectivity index (χ0v) is 21.7. The molecule has 1 fully saturated rings. The molecule has 0 atom stereocenters. The van der Waals surface area contributed by atoms with E-state index >= 15 is 0 Å². The fraction of sp³-hybridized carbons (Fsp3) is 0.367. The molecule has 2 aromatic carbocycles. The molecule has 36 heavy (non-hydrogen) atoms. The Kier molecular flexibility index (Phi) is 9.36. The topological polar surface area (TPSA) is 47.1 Å². The van der Waals surface area contributed by atoms with E-state index in [9.17, 15) is 0 Å². The highest BCUT2D eigenvalue weighted by Crippen LogP contribution is 2.40. The minimum Gasteiger partial charge on any atom is -0.493 e. The molecule has 190 valence electrons. The van der Waals surface area contributed by atoms with Crippen molar-refractivity contribution in [3.8, 4) is 28.5 Å². The molecule has 4 rings (SSSR count). The van der Waals surface area contributed by atoms with E-state index in [0.29, 0.717) is 17.2 Å². The lowest BCUT2D eigenvalue weighted by Crippen LogP contribution is -2.46. The van der Waals surface area contributed by atoms with Gasteiger partial charge >= 0.3 is 0 Å². The number of benzene rings is 2. The zero-order chi connectivity index (χ0) is 25.2. The van der Waals surface area contributed by atoms with E-state index < -0.39 is 0 Å². The number of methoxy groups -OCH3 is 3. The van der Waals surface area contributed by atoms with Crippen LogP contribution in [0.3, 0.4) is 0 Å². The standard InChI is InChI=1S/C30H37N3O3/c1-34-28-21-26(22-29(35-2)30(28)36-3)27-20-25(13-14-31-27)23-33-18-16-32(17-19-33)15-9-5-8-12-24-10-6-4-7-11-24/h4,6-8,10-14,20-22H,5,9,15-19,23H2,1-3H3/b12-8+. The Balaban J connectivity index is 1.28. The van der Waals surface area contributed by atoms with Gasteiger partial charge < -0.3 is 19.1 Å². The summed E-state index contributed by atoms with van der Waals surface area (Å²) in [5.41, 5.74) is 4.37. The van der Waals surface area contributed by atoms with Crippen LogP contribution in [0.4, 0.5) is 0 Å².